The Kier molecular flexibility index (Phi) is 2.09. The first-order chi connectivity index (χ1) is 8.08. The normalized spacial score (nSPS) is 17.4. The van der Waals surface area contributed by atoms with Crippen molar-refractivity contribution in [2.75, 3.05) is 11.6 Å². The number of rotatable bonds is 0. The predicted octanol–water partition coefficient (Wildman–Crippen LogP) is 2.06. The van der Waals surface area contributed by atoms with Crippen molar-refractivity contribution < 1.29 is 10.2 Å². The van der Waals surface area contributed by atoms with E-state index in [1.165, 1.54) is 17.8 Å². The molecule has 0 unspecified atom stereocenters. The number of benzene rings is 1. The Bertz CT molecular complexity index is 581. The summed E-state index contributed by atoms with van der Waals surface area (Å²) in [4.78, 5) is 5.30. The van der Waals surface area contributed by atoms with Crippen LogP contribution in [0.3, 0.4) is 0 Å². The molecule has 0 amide bonds. The summed E-state index contributed by atoms with van der Waals surface area (Å²) in [6.07, 6.45) is 0. The quantitative estimate of drug-likeness (QED) is 0.691. The number of nitrogens with zero attached hydrogens (tertiary/aromatic N) is 3. The minimum absolute atomic E-state index is 0.0719. The van der Waals surface area contributed by atoms with E-state index >= 15 is 0 Å². The van der Waals surface area contributed by atoms with Gasteiger partial charge in [0, 0.05) is 16.5 Å². The van der Waals surface area contributed by atoms with E-state index in [0.717, 1.165) is 21.5 Å². The molecule has 6 heteroatoms. The topological polar surface area (TPSA) is 68.4 Å². The van der Waals surface area contributed by atoms with E-state index in [0.29, 0.717) is 12.1 Å². The van der Waals surface area contributed by atoms with Gasteiger partial charge in [0.25, 0.3) is 0 Å². The Balaban J connectivity index is 2.21. The van der Waals surface area contributed by atoms with Crippen LogP contribution in [0.1, 0.15) is 12.5 Å². The van der Waals surface area contributed by atoms with Gasteiger partial charge in [0.05, 0.1) is 17.9 Å². The van der Waals surface area contributed by atoms with Gasteiger partial charge in [-0.3, -0.25) is 4.99 Å². The highest BCUT2D eigenvalue weighted by atomic mass is 32.2. The standard InChI is InChI=1S/C11H11N3O2S/c1-5-4-12-11-14(13-5)7-3-8(15)9(16)6(2)10(7)17-11/h3,15-16H,4H2,1-2H3. The monoisotopic (exact) mass is 249 g/mol. The van der Waals surface area contributed by atoms with E-state index in [1.54, 1.807) is 11.9 Å². The van der Waals surface area contributed by atoms with Gasteiger partial charge < -0.3 is 10.2 Å². The van der Waals surface area contributed by atoms with Crippen LogP contribution in [0.15, 0.2) is 21.1 Å². The van der Waals surface area contributed by atoms with Crippen molar-refractivity contribution in [3.63, 3.8) is 0 Å². The van der Waals surface area contributed by atoms with Gasteiger partial charge in [0.1, 0.15) is 0 Å². The lowest BCUT2D eigenvalue weighted by atomic mass is 10.2. The second kappa shape index (κ2) is 3.40. The van der Waals surface area contributed by atoms with Crippen molar-refractivity contribution in [3.05, 3.63) is 11.6 Å². The van der Waals surface area contributed by atoms with E-state index in [1.807, 2.05) is 6.92 Å². The first-order valence-electron chi connectivity index (χ1n) is 5.20. The third-order valence-corrected chi connectivity index (χ3v) is 3.97. The molecule has 0 bridgehead atoms. The molecule has 1 aromatic carbocycles. The number of hydrogen-bond acceptors (Lipinski definition) is 6. The summed E-state index contributed by atoms with van der Waals surface area (Å²) < 4.78 is 0. The molecule has 2 aliphatic rings. The second-order valence-electron chi connectivity index (χ2n) is 4.07. The molecule has 0 atom stereocenters. The molecule has 2 aliphatic heterocycles. The van der Waals surface area contributed by atoms with Crippen molar-refractivity contribution in [1.82, 2.24) is 0 Å². The zero-order valence-electron chi connectivity index (χ0n) is 9.43. The first-order valence-corrected chi connectivity index (χ1v) is 6.01. The maximum Gasteiger partial charge on any atom is 0.190 e. The second-order valence-corrected chi connectivity index (χ2v) is 5.04. The summed E-state index contributed by atoms with van der Waals surface area (Å²) in [6, 6.07) is 1.52. The van der Waals surface area contributed by atoms with Crippen molar-refractivity contribution in [2.45, 2.75) is 18.7 Å². The number of amidine groups is 1. The largest absolute Gasteiger partial charge is 0.504 e. The number of hydrazone groups is 1. The van der Waals surface area contributed by atoms with Crippen LogP contribution in [-0.4, -0.2) is 27.6 Å². The van der Waals surface area contributed by atoms with Gasteiger partial charge in [-0.15, -0.1) is 0 Å². The molecule has 0 aliphatic carbocycles. The number of phenolic OH excluding ortho intramolecular Hbond substituents is 2. The number of phenols is 2. The lowest BCUT2D eigenvalue weighted by molar-refractivity contribution is 0.400. The minimum Gasteiger partial charge on any atom is -0.504 e. The van der Waals surface area contributed by atoms with Crippen LogP contribution >= 0.6 is 11.8 Å². The van der Waals surface area contributed by atoms with Crippen LogP contribution in [0.2, 0.25) is 0 Å². The lowest BCUT2D eigenvalue weighted by Crippen LogP contribution is -2.25. The Morgan fingerprint density at radius 2 is 2.12 bits per heavy atom. The van der Waals surface area contributed by atoms with Gasteiger partial charge in [-0.25, -0.2) is 5.01 Å². The van der Waals surface area contributed by atoms with Crippen LogP contribution in [-0.2, 0) is 0 Å². The number of aromatic hydroxyl groups is 2. The molecule has 0 aromatic heterocycles. The van der Waals surface area contributed by atoms with E-state index in [9.17, 15) is 10.2 Å². The number of fused-ring (bicyclic) bond motifs is 3. The van der Waals surface area contributed by atoms with E-state index < -0.39 is 0 Å². The highest BCUT2D eigenvalue weighted by Crippen LogP contribution is 2.49. The van der Waals surface area contributed by atoms with Crippen LogP contribution in [0.5, 0.6) is 11.5 Å². The van der Waals surface area contributed by atoms with Gasteiger partial charge in [0.15, 0.2) is 16.7 Å². The van der Waals surface area contributed by atoms with Gasteiger partial charge in [-0.1, -0.05) is 0 Å². The fraction of sp³-hybridized carbons (Fsp3) is 0.273. The Morgan fingerprint density at radius 1 is 1.35 bits per heavy atom. The number of anilines is 1. The lowest BCUT2D eigenvalue weighted by Gasteiger charge is -2.18. The molecule has 0 spiro atoms. The molecule has 0 radical (unpaired) electrons. The molecule has 3 rings (SSSR count). The molecule has 88 valence electrons. The fourth-order valence-corrected chi connectivity index (χ4v) is 2.90. The molecule has 5 nitrogen and oxygen atoms in total. The van der Waals surface area contributed by atoms with Crippen molar-refractivity contribution in [2.24, 2.45) is 10.1 Å². The van der Waals surface area contributed by atoms with Gasteiger partial charge in [-0.05, 0) is 25.6 Å². The summed E-state index contributed by atoms with van der Waals surface area (Å²) in [5.74, 6) is -0.195. The van der Waals surface area contributed by atoms with Crippen molar-refractivity contribution in [1.29, 1.82) is 0 Å². The zero-order valence-corrected chi connectivity index (χ0v) is 10.2. The van der Waals surface area contributed by atoms with Crippen LogP contribution in [0, 0.1) is 6.92 Å². The van der Waals surface area contributed by atoms with E-state index in [-0.39, 0.29) is 11.5 Å². The minimum atomic E-state index is -0.124. The average Bonchev–Trinajstić information content (AvgIpc) is 2.65. The Morgan fingerprint density at radius 3 is 2.88 bits per heavy atom. The molecule has 0 saturated heterocycles. The summed E-state index contributed by atoms with van der Waals surface area (Å²) in [7, 11) is 0. The van der Waals surface area contributed by atoms with Crippen molar-refractivity contribution in [3.8, 4) is 11.5 Å². The molecule has 0 fully saturated rings. The van der Waals surface area contributed by atoms with Crippen LogP contribution in [0.4, 0.5) is 5.69 Å². The number of hydrogen-bond donors (Lipinski definition) is 2. The first kappa shape index (κ1) is 10.5. The molecule has 2 heterocycles. The maximum absolute atomic E-state index is 9.70. The van der Waals surface area contributed by atoms with Gasteiger partial charge in [0.2, 0.25) is 0 Å². The summed E-state index contributed by atoms with van der Waals surface area (Å²) >= 11 is 1.47. The highest BCUT2D eigenvalue weighted by molar-refractivity contribution is 8.14. The average molecular weight is 249 g/mol. The maximum atomic E-state index is 9.70. The third-order valence-electron chi connectivity index (χ3n) is 2.76. The Labute approximate surface area is 102 Å². The SMILES string of the molecule is CC1=NN2C(=NC1)Sc1c2cc(O)c(O)c1C. The summed E-state index contributed by atoms with van der Waals surface area (Å²) in [5.41, 5.74) is 2.36. The van der Waals surface area contributed by atoms with Gasteiger partial charge in [-0.2, -0.15) is 5.10 Å². The summed E-state index contributed by atoms with van der Waals surface area (Å²) in [5, 5.41) is 26.3. The molecule has 1 aromatic rings. The van der Waals surface area contributed by atoms with E-state index in [2.05, 4.69) is 10.1 Å². The summed E-state index contributed by atoms with van der Waals surface area (Å²) in [6.45, 7) is 4.29. The molecular weight excluding hydrogens is 238 g/mol. The third kappa shape index (κ3) is 1.40. The molecule has 17 heavy (non-hydrogen) atoms. The molecular formula is C11H11N3O2S. The van der Waals surface area contributed by atoms with Crippen molar-refractivity contribution >= 4 is 28.3 Å². The fourth-order valence-electron chi connectivity index (χ4n) is 1.86. The molecule has 2 N–H and O–H groups in total. The Hall–Kier alpha value is -1.69. The smallest absolute Gasteiger partial charge is 0.190 e. The zero-order chi connectivity index (χ0) is 12.2. The van der Waals surface area contributed by atoms with Gasteiger partial charge >= 0.3 is 0 Å². The molecule has 0 saturated carbocycles. The van der Waals surface area contributed by atoms with E-state index in [4.69, 9.17) is 0 Å². The van der Waals surface area contributed by atoms with Crippen LogP contribution < -0.4 is 5.01 Å². The number of thioether (sulfide) groups is 1. The van der Waals surface area contributed by atoms with Crippen LogP contribution in [0.25, 0.3) is 0 Å². The predicted molar refractivity (Wildman–Crippen MR) is 68.3 cm³/mol. The highest BCUT2D eigenvalue weighted by Gasteiger charge is 2.32. The number of aliphatic imine (C=N–C) groups is 1.